The van der Waals surface area contributed by atoms with Crippen LogP contribution in [0.1, 0.15) is 45.1 Å². The van der Waals surface area contributed by atoms with Gasteiger partial charge in [0.15, 0.2) is 0 Å². The maximum atomic E-state index is 11.9. The molecule has 0 aliphatic heterocycles. The van der Waals surface area contributed by atoms with Crippen molar-refractivity contribution in [2.24, 2.45) is 5.92 Å². The van der Waals surface area contributed by atoms with Crippen molar-refractivity contribution in [1.29, 1.82) is 0 Å². The summed E-state index contributed by atoms with van der Waals surface area (Å²) in [4.78, 5) is 11.9. The lowest BCUT2D eigenvalue weighted by Gasteiger charge is -2.13. The molecule has 1 amide bonds. The van der Waals surface area contributed by atoms with E-state index in [9.17, 15) is 4.79 Å². The summed E-state index contributed by atoms with van der Waals surface area (Å²) >= 11 is 0. The van der Waals surface area contributed by atoms with E-state index in [0.29, 0.717) is 0 Å². The van der Waals surface area contributed by atoms with Crippen molar-refractivity contribution < 1.29 is 4.79 Å². The number of H-pyrrole nitrogens is 1. The van der Waals surface area contributed by atoms with Crippen LogP contribution < -0.4 is 5.32 Å². The minimum Gasteiger partial charge on any atom is -0.311 e. The van der Waals surface area contributed by atoms with Crippen LogP contribution in [0, 0.1) is 12.8 Å². The van der Waals surface area contributed by atoms with E-state index in [1.807, 2.05) is 6.92 Å². The predicted octanol–water partition coefficient (Wildman–Crippen LogP) is 2.87. The van der Waals surface area contributed by atoms with E-state index in [1.54, 1.807) is 6.20 Å². The summed E-state index contributed by atoms with van der Waals surface area (Å²) in [6.45, 7) is 6.12. The van der Waals surface area contributed by atoms with E-state index >= 15 is 0 Å². The van der Waals surface area contributed by atoms with Gasteiger partial charge in [0.1, 0.15) is 5.82 Å². The SMILES string of the molecule is CCCCC(CC)C(=O)Nc1[nH]ncc1C. The number of anilines is 1. The Labute approximate surface area is 96.8 Å². The smallest absolute Gasteiger partial charge is 0.228 e. The first-order valence-electron chi connectivity index (χ1n) is 5.99. The van der Waals surface area contributed by atoms with Crippen LogP contribution in [0.15, 0.2) is 6.20 Å². The molecule has 0 fully saturated rings. The summed E-state index contributed by atoms with van der Waals surface area (Å²) < 4.78 is 0. The summed E-state index contributed by atoms with van der Waals surface area (Å²) in [5.41, 5.74) is 0.971. The number of amides is 1. The van der Waals surface area contributed by atoms with Gasteiger partial charge in [-0.15, -0.1) is 0 Å². The van der Waals surface area contributed by atoms with Crippen molar-refractivity contribution in [2.45, 2.75) is 46.5 Å². The van der Waals surface area contributed by atoms with Gasteiger partial charge >= 0.3 is 0 Å². The number of hydrogen-bond donors (Lipinski definition) is 2. The lowest BCUT2D eigenvalue weighted by molar-refractivity contribution is -0.120. The van der Waals surface area contributed by atoms with Crippen LogP contribution in [0.4, 0.5) is 5.82 Å². The molecular formula is C12H21N3O. The Balaban J connectivity index is 2.52. The first kappa shape index (κ1) is 12.7. The molecule has 1 aromatic rings. The van der Waals surface area contributed by atoms with Gasteiger partial charge < -0.3 is 5.32 Å². The molecule has 1 heterocycles. The van der Waals surface area contributed by atoms with Gasteiger partial charge in [-0.3, -0.25) is 9.89 Å². The zero-order valence-corrected chi connectivity index (χ0v) is 10.3. The van der Waals surface area contributed by atoms with Crippen LogP contribution in [-0.4, -0.2) is 16.1 Å². The van der Waals surface area contributed by atoms with E-state index in [1.165, 1.54) is 0 Å². The summed E-state index contributed by atoms with van der Waals surface area (Å²) in [6, 6.07) is 0. The van der Waals surface area contributed by atoms with Gasteiger partial charge in [0.2, 0.25) is 5.91 Å². The Morgan fingerprint density at radius 2 is 2.31 bits per heavy atom. The Kier molecular flexibility index (Phi) is 5.02. The highest BCUT2D eigenvalue weighted by Gasteiger charge is 2.16. The normalized spacial score (nSPS) is 12.4. The molecule has 1 aromatic heterocycles. The predicted molar refractivity (Wildman–Crippen MR) is 65.3 cm³/mol. The van der Waals surface area contributed by atoms with E-state index in [-0.39, 0.29) is 11.8 Å². The van der Waals surface area contributed by atoms with Gasteiger partial charge in [0, 0.05) is 11.5 Å². The molecule has 0 aliphatic rings. The fourth-order valence-corrected chi connectivity index (χ4v) is 1.67. The summed E-state index contributed by atoms with van der Waals surface area (Å²) in [7, 11) is 0. The number of carbonyl (C=O) groups is 1. The number of aromatic amines is 1. The Bertz CT molecular complexity index is 333. The van der Waals surface area contributed by atoms with Gasteiger partial charge in [0.05, 0.1) is 6.20 Å². The lowest BCUT2D eigenvalue weighted by atomic mass is 9.98. The molecule has 0 aromatic carbocycles. The van der Waals surface area contributed by atoms with Gasteiger partial charge in [-0.05, 0) is 19.8 Å². The van der Waals surface area contributed by atoms with E-state index in [2.05, 4.69) is 29.4 Å². The number of nitrogens with zero attached hydrogens (tertiary/aromatic N) is 1. The van der Waals surface area contributed by atoms with Crippen LogP contribution >= 0.6 is 0 Å². The average Bonchev–Trinajstić information content (AvgIpc) is 2.65. The lowest BCUT2D eigenvalue weighted by Crippen LogP contribution is -2.22. The van der Waals surface area contributed by atoms with E-state index in [4.69, 9.17) is 0 Å². The molecule has 16 heavy (non-hydrogen) atoms. The molecular weight excluding hydrogens is 202 g/mol. The van der Waals surface area contributed by atoms with Crippen LogP contribution in [0.3, 0.4) is 0 Å². The van der Waals surface area contributed by atoms with Crippen molar-refractivity contribution in [3.8, 4) is 0 Å². The number of aryl methyl sites for hydroxylation is 1. The molecule has 0 saturated heterocycles. The Hall–Kier alpha value is -1.32. The molecule has 0 aliphatic carbocycles. The van der Waals surface area contributed by atoms with Gasteiger partial charge in [-0.2, -0.15) is 5.10 Å². The molecule has 0 saturated carbocycles. The van der Waals surface area contributed by atoms with Crippen LogP contribution in [0.5, 0.6) is 0 Å². The highest BCUT2D eigenvalue weighted by molar-refractivity contribution is 5.92. The maximum Gasteiger partial charge on any atom is 0.228 e. The minimum atomic E-state index is 0.100. The molecule has 4 heteroatoms. The summed E-state index contributed by atoms with van der Waals surface area (Å²) in [5, 5.41) is 9.56. The zero-order valence-electron chi connectivity index (χ0n) is 10.3. The summed E-state index contributed by atoms with van der Waals surface area (Å²) in [6.07, 6.45) is 5.80. The number of aromatic nitrogens is 2. The highest BCUT2D eigenvalue weighted by atomic mass is 16.1. The number of unbranched alkanes of at least 4 members (excludes halogenated alkanes) is 1. The van der Waals surface area contributed by atoms with Crippen LogP contribution in [0.25, 0.3) is 0 Å². The second-order valence-corrected chi connectivity index (χ2v) is 4.16. The van der Waals surface area contributed by atoms with Crippen LogP contribution in [0.2, 0.25) is 0 Å². The van der Waals surface area contributed by atoms with Crippen molar-refractivity contribution >= 4 is 11.7 Å². The van der Waals surface area contributed by atoms with Crippen molar-refractivity contribution in [3.63, 3.8) is 0 Å². The third-order valence-electron chi connectivity index (χ3n) is 2.85. The second-order valence-electron chi connectivity index (χ2n) is 4.16. The van der Waals surface area contributed by atoms with Gasteiger partial charge in [0.25, 0.3) is 0 Å². The van der Waals surface area contributed by atoms with Crippen molar-refractivity contribution in [1.82, 2.24) is 10.2 Å². The number of rotatable bonds is 6. The zero-order chi connectivity index (χ0) is 12.0. The Morgan fingerprint density at radius 3 is 2.81 bits per heavy atom. The standard InChI is InChI=1S/C12H21N3O/c1-4-6-7-10(5-2)12(16)14-11-9(3)8-13-15-11/h8,10H,4-7H2,1-3H3,(H2,13,14,15,16). The molecule has 0 spiro atoms. The summed E-state index contributed by atoms with van der Waals surface area (Å²) in [5.74, 6) is 0.936. The topological polar surface area (TPSA) is 57.8 Å². The maximum absolute atomic E-state index is 11.9. The average molecular weight is 223 g/mol. The molecule has 1 rings (SSSR count). The molecule has 0 bridgehead atoms. The number of hydrogen-bond acceptors (Lipinski definition) is 2. The molecule has 90 valence electrons. The monoisotopic (exact) mass is 223 g/mol. The second kappa shape index (κ2) is 6.30. The third-order valence-corrected chi connectivity index (χ3v) is 2.85. The molecule has 0 radical (unpaired) electrons. The number of carbonyl (C=O) groups excluding carboxylic acids is 1. The van der Waals surface area contributed by atoms with E-state index in [0.717, 1.165) is 37.1 Å². The van der Waals surface area contributed by atoms with Crippen molar-refractivity contribution in [2.75, 3.05) is 5.32 Å². The quantitative estimate of drug-likeness (QED) is 0.779. The highest BCUT2D eigenvalue weighted by Crippen LogP contribution is 2.16. The molecule has 1 unspecified atom stereocenters. The third kappa shape index (κ3) is 3.36. The Morgan fingerprint density at radius 1 is 1.56 bits per heavy atom. The molecule has 1 atom stereocenters. The first-order valence-corrected chi connectivity index (χ1v) is 5.99. The fraction of sp³-hybridized carbons (Fsp3) is 0.667. The molecule has 2 N–H and O–H groups in total. The first-order chi connectivity index (χ1) is 7.69. The fourth-order valence-electron chi connectivity index (χ4n) is 1.67. The van der Waals surface area contributed by atoms with E-state index < -0.39 is 0 Å². The van der Waals surface area contributed by atoms with Crippen molar-refractivity contribution in [3.05, 3.63) is 11.8 Å². The molecule has 4 nitrogen and oxygen atoms in total. The minimum absolute atomic E-state index is 0.100. The van der Waals surface area contributed by atoms with Gasteiger partial charge in [-0.25, -0.2) is 0 Å². The number of nitrogens with one attached hydrogen (secondary N) is 2. The van der Waals surface area contributed by atoms with Crippen LogP contribution in [-0.2, 0) is 4.79 Å². The van der Waals surface area contributed by atoms with Gasteiger partial charge in [-0.1, -0.05) is 26.7 Å². The largest absolute Gasteiger partial charge is 0.311 e.